The van der Waals surface area contributed by atoms with Crippen LogP contribution in [0.4, 0.5) is 5.69 Å². The predicted molar refractivity (Wildman–Crippen MR) is 74.5 cm³/mol. The van der Waals surface area contributed by atoms with Gasteiger partial charge in [0.25, 0.3) is 5.91 Å². The number of amides is 1. The van der Waals surface area contributed by atoms with Crippen LogP contribution in [0, 0.1) is 12.8 Å². The lowest BCUT2D eigenvalue weighted by atomic mass is 9.89. The van der Waals surface area contributed by atoms with E-state index in [1.165, 1.54) is 32.1 Å². The number of hydrogen-bond donors (Lipinski definition) is 2. The molecule has 3 nitrogen and oxygen atoms in total. The Labute approximate surface area is 109 Å². The van der Waals surface area contributed by atoms with Crippen molar-refractivity contribution in [2.24, 2.45) is 5.92 Å². The second-order valence-electron chi connectivity index (χ2n) is 5.35. The Morgan fingerprint density at radius 2 is 2.00 bits per heavy atom. The van der Waals surface area contributed by atoms with Crippen LogP contribution in [0.5, 0.6) is 0 Å². The van der Waals surface area contributed by atoms with E-state index in [0.717, 1.165) is 12.1 Å². The van der Waals surface area contributed by atoms with Gasteiger partial charge >= 0.3 is 0 Å². The van der Waals surface area contributed by atoms with E-state index in [1.807, 2.05) is 19.1 Å². The Morgan fingerprint density at radius 1 is 1.28 bits per heavy atom. The summed E-state index contributed by atoms with van der Waals surface area (Å²) in [6, 6.07) is 5.49. The lowest BCUT2D eigenvalue weighted by molar-refractivity contribution is 0.0943. The molecule has 3 N–H and O–H groups in total. The minimum atomic E-state index is -0.00373. The van der Waals surface area contributed by atoms with Crippen molar-refractivity contribution in [3.8, 4) is 0 Å². The quantitative estimate of drug-likeness (QED) is 0.806. The van der Waals surface area contributed by atoms with Crippen molar-refractivity contribution in [2.45, 2.75) is 39.0 Å². The summed E-state index contributed by atoms with van der Waals surface area (Å²) in [5, 5.41) is 3.03. The highest BCUT2D eigenvalue weighted by molar-refractivity contribution is 5.95. The largest absolute Gasteiger partial charge is 0.399 e. The maximum Gasteiger partial charge on any atom is 0.251 e. The minimum Gasteiger partial charge on any atom is -0.399 e. The van der Waals surface area contributed by atoms with Crippen LogP contribution >= 0.6 is 0 Å². The summed E-state index contributed by atoms with van der Waals surface area (Å²) in [5.41, 5.74) is 8.10. The van der Waals surface area contributed by atoms with E-state index in [4.69, 9.17) is 5.73 Å². The van der Waals surface area contributed by atoms with Gasteiger partial charge in [0.2, 0.25) is 0 Å². The molecule has 1 aromatic carbocycles. The van der Waals surface area contributed by atoms with Crippen LogP contribution in [0.1, 0.15) is 48.0 Å². The van der Waals surface area contributed by atoms with E-state index in [-0.39, 0.29) is 5.91 Å². The first-order chi connectivity index (χ1) is 8.65. The highest BCUT2D eigenvalue weighted by Gasteiger charge is 2.15. The van der Waals surface area contributed by atoms with Crippen LogP contribution in [-0.2, 0) is 0 Å². The van der Waals surface area contributed by atoms with Gasteiger partial charge in [0.15, 0.2) is 0 Å². The minimum absolute atomic E-state index is 0.00373. The number of nitrogens with one attached hydrogen (secondary N) is 1. The molecule has 1 aliphatic carbocycles. The Bertz CT molecular complexity index is 402. The van der Waals surface area contributed by atoms with Crippen molar-refractivity contribution in [2.75, 3.05) is 12.3 Å². The van der Waals surface area contributed by atoms with Crippen molar-refractivity contribution in [1.29, 1.82) is 0 Å². The van der Waals surface area contributed by atoms with Crippen molar-refractivity contribution >= 4 is 11.6 Å². The van der Waals surface area contributed by atoms with Crippen LogP contribution in [0.25, 0.3) is 0 Å². The highest BCUT2D eigenvalue weighted by atomic mass is 16.1. The molecule has 0 heterocycles. The van der Waals surface area contributed by atoms with Crippen LogP contribution in [0.3, 0.4) is 0 Å². The Morgan fingerprint density at radius 3 is 2.67 bits per heavy atom. The summed E-state index contributed by atoms with van der Waals surface area (Å²) in [7, 11) is 0. The second-order valence-corrected chi connectivity index (χ2v) is 5.35. The topological polar surface area (TPSA) is 55.1 Å². The molecule has 0 spiro atoms. The molecule has 1 saturated carbocycles. The number of nitrogens with two attached hydrogens (primary N) is 1. The van der Waals surface area contributed by atoms with E-state index in [9.17, 15) is 4.79 Å². The summed E-state index contributed by atoms with van der Waals surface area (Å²) in [4.78, 5) is 12.0. The highest BCUT2D eigenvalue weighted by Crippen LogP contribution is 2.22. The molecule has 0 aliphatic heterocycles. The molecule has 0 aromatic heterocycles. The zero-order valence-corrected chi connectivity index (χ0v) is 11.0. The van der Waals surface area contributed by atoms with Gasteiger partial charge in [-0.15, -0.1) is 0 Å². The van der Waals surface area contributed by atoms with Gasteiger partial charge < -0.3 is 11.1 Å². The molecule has 0 saturated heterocycles. The molecule has 2 rings (SSSR count). The van der Waals surface area contributed by atoms with Crippen molar-refractivity contribution < 1.29 is 4.79 Å². The lowest BCUT2D eigenvalue weighted by Gasteiger charge is -2.21. The molecule has 3 heteroatoms. The summed E-state index contributed by atoms with van der Waals surface area (Å²) in [5.74, 6) is 0.654. The number of nitrogen functional groups attached to an aromatic ring is 1. The zero-order valence-electron chi connectivity index (χ0n) is 11.0. The third kappa shape index (κ3) is 3.49. The number of carbonyl (C=O) groups excluding carboxylic acids is 1. The summed E-state index contributed by atoms with van der Waals surface area (Å²) in [6.07, 6.45) is 6.45. The molecule has 1 aromatic rings. The molecular formula is C15H22N2O. The molecule has 0 bridgehead atoms. The number of rotatable bonds is 3. The van der Waals surface area contributed by atoms with Gasteiger partial charge in [-0.05, 0) is 49.4 Å². The fourth-order valence-electron chi connectivity index (χ4n) is 2.67. The molecule has 1 aliphatic rings. The number of benzene rings is 1. The number of hydrogen-bond acceptors (Lipinski definition) is 2. The lowest BCUT2D eigenvalue weighted by Crippen LogP contribution is -2.30. The SMILES string of the molecule is Cc1cc(N)cc(C(=O)NCC2CCCCC2)c1. The van der Waals surface area contributed by atoms with Crippen LogP contribution in [-0.4, -0.2) is 12.5 Å². The molecule has 0 radical (unpaired) electrons. The molecule has 98 valence electrons. The average Bonchev–Trinajstić information content (AvgIpc) is 2.36. The average molecular weight is 246 g/mol. The van der Waals surface area contributed by atoms with E-state index in [0.29, 0.717) is 17.2 Å². The maximum absolute atomic E-state index is 12.0. The van der Waals surface area contributed by atoms with Gasteiger partial charge in [0.1, 0.15) is 0 Å². The first-order valence-corrected chi connectivity index (χ1v) is 6.80. The van der Waals surface area contributed by atoms with E-state index >= 15 is 0 Å². The van der Waals surface area contributed by atoms with Crippen LogP contribution in [0.2, 0.25) is 0 Å². The van der Waals surface area contributed by atoms with Crippen molar-refractivity contribution in [1.82, 2.24) is 5.32 Å². The van der Waals surface area contributed by atoms with Gasteiger partial charge in [-0.2, -0.15) is 0 Å². The predicted octanol–water partition coefficient (Wildman–Crippen LogP) is 2.89. The molecule has 0 atom stereocenters. The Hall–Kier alpha value is -1.51. The van der Waals surface area contributed by atoms with Gasteiger partial charge in [-0.1, -0.05) is 19.3 Å². The summed E-state index contributed by atoms with van der Waals surface area (Å²) in [6.45, 7) is 2.75. The fraction of sp³-hybridized carbons (Fsp3) is 0.533. The second kappa shape index (κ2) is 5.89. The number of anilines is 1. The third-order valence-corrected chi connectivity index (χ3v) is 3.64. The van der Waals surface area contributed by atoms with Gasteiger partial charge in [0.05, 0.1) is 0 Å². The maximum atomic E-state index is 12.0. The van der Waals surface area contributed by atoms with Gasteiger partial charge in [0, 0.05) is 17.8 Å². The first-order valence-electron chi connectivity index (χ1n) is 6.80. The van der Waals surface area contributed by atoms with E-state index < -0.39 is 0 Å². The van der Waals surface area contributed by atoms with Crippen molar-refractivity contribution in [3.05, 3.63) is 29.3 Å². The standard InChI is InChI=1S/C15H22N2O/c1-11-7-13(9-14(16)8-11)15(18)17-10-12-5-3-2-4-6-12/h7-9,12H,2-6,10,16H2,1H3,(H,17,18). The van der Waals surface area contributed by atoms with Crippen LogP contribution in [0.15, 0.2) is 18.2 Å². The molecule has 1 amide bonds. The van der Waals surface area contributed by atoms with Gasteiger partial charge in [-0.3, -0.25) is 4.79 Å². The monoisotopic (exact) mass is 246 g/mol. The first kappa shape index (κ1) is 12.9. The molecule has 18 heavy (non-hydrogen) atoms. The summed E-state index contributed by atoms with van der Waals surface area (Å²) >= 11 is 0. The third-order valence-electron chi connectivity index (χ3n) is 3.64. The number of carbonyl (C=O) groups is 1. The zero-order chi connectivity index (χ0) is 13.0. The number of aryl methyl sites for hydroxylation is 1. The molecule has 1 fully saturated rings. The molecular weight excluding hydrogens is 224 g/mol. The van der Waals surface area contributed by atoms with E-state index in [2.05, 4.69) is 5.32 Å². The molecule has 0 unspecified atom stereocenters. The van der Waals surface area contributed by atoms with E-state index in [1.54, 1.807) is 6.07 Å². The van der Waals surface area contributed by atoms with Gasteiger partial charge in [-0.25, -0.2) is 0 Å². The Balaban J connectivity index is 1.90. The Kier molecular flexibility index (Phi) is 4.24. The van der Waals surface area contributed by atoms with Crippen molar-refractivity contribution in [3.63, 3.8) is 0 Å². The summed E-state index contributed by atoms with van der Waals surface area (Å²) < 4.78 is 0. The van der Waals surface area contributed by atoms with Crippen LogP contribution < -0.4 is 11.1 Å². The normalized spacial score (nSPS) is 16.5. The fourth-order valence-corrected chi connectivity index (χ4v) is 2.67. The smallest absolute Gasteiger partial charge is 0.251 e.